The van der Waals surface area contributed by atoms with Crippen LogP contribution in [0.25, 0.3) is 0 Å². The van der Waals surface area contributed by atoms with E-state index >= 15 is 0 Å². The van der Waals surface area contributed by atoms with Crippen molar-refractivity contribution >= 4 is 62.3 Å². The molecule has 0 saturated heterocycles. The van der Waals surface area contributed by atoms with E-state index in [1.54, 1.807) is 55.5 Å². The fraction of sp³-hybridized carbons (Fsp3) is 0.333. The van der Waals surface area contributed by atoms with E-state index in [9.17, 15) is 18.0 Å². The molecule has 0 bridgehead atoms. The minimum absolute atomic E-state index is 0.0145. The van der Waals surface area contributed by atoms with Crippen molar-refractivity contribution in [2.75, 3.05) is 10.8 Å². The number of amides is 2. The van der Waals surface area contributed by atoms with Crippen LogP contribution in [0.5, 0.6) is 0 Å². The molecule has 220 valence electrons. The number of benzene rings is 3. The number of hydrogen-bond acceptors (Lipinski definition) is 4. The third kappa shape index (κ3) is 8.61. The van der Waals surface area contributed by atoms with E-state index in [1.807, 2.05) is 27.7 Å². The third-order valence-corrected chi connectivity index (χ3v) is 8.83. The highest BCUT2D eigenvalue weighted by Gasteiger charge is 2.35. The number of rotatable bonds is 10. The van der Waals surface area contributed by atoms with Crippen LogP contribution in [0, 0.1) is 6.92 Å². The fourth-order valence-corrected chi connectivity index (χ4v) is 6.26. The molecule has 3 rings (SSSR count). The molecule has 3 aromatic rings. The van der Waals surface area contributed by atoms with Crippen LogP contribution in [0.4, 0.5) is 5.69 Å². The van der Waals surface area contributed by atoms with E-state index in [-0.39, 0.29) is 29.5 Å². The maximum Gasteiger partial charge on any atom is 0.264 e. The van der Waals surface area contributed by atoms with E-state index in [0.717, 1.165) is 9.87 Å². The monoisotopic (exact) mass is 637 g/mol. The first kappa shape index (κ1) is 32.7. The van der Waals surface area contributed by atoms with Gasteiger partial charge in [-0.1, -0.05) is 71.6 Å². The number of hydrogen-bond donors (Lipinski definition) is 1. The topological polar surface area (TPSA) is 86.8 Å². The zero-order chi connectivity index (χ0) is 30.5. The molecule has 3 aromatic carbocycles. The second-order valence-corrected chi connectivity index (χ2v) is 13.9. The molecular formula is C30H34Cl3N3O4S. The summed E-state index contributed by atoms with van der Waals surface area (Å²) in [5.41, 5.74) is 1.10. The van der Waals surface area contributed by atoms with Gasteiger partial charge in [-0.05, 0) is 82.1 Å². The van der Waals surface area contributed by atoms with Crippen molar-refractivity contribution in [2.24, 2.45) is 0 Å². The number of nitrogens with one attached hydrogen (secondary N) is 1. The highest BCUT2D eigenvalue weighted by Crippen LogP contribution is 2.28. The molecular weight excluding hydrogens is 605 g/mol. The smallest absolute Gasteiger partial charge is 0.264 e. The maximum atomic E-state index is 14.1. The molecule has 2 amide bonds. The standard InChI is InChI=1S/C30H34Cl3N3O4S/c1-6-27(29(38)34-30(3,4)5)35(18-21-12-13-23(32)17-26(21)33)28(37)19-36(24-9-7-8-22(31)16-24)41(39,40)25-14-10-20(2)11-15-25/h7-17,27H,6,18-19H2,1-5H3,(H,34,38)/t27-/m1/s1. The number of nitrogens with zero attached hydrogens (tertiary/aromatic N) is 2. The van der Waals surface area contributed by atoms with Gasteiger partial charge in [-0.15, -0.1) is 0 Å². The molecule has 1 atom stereocenters. The minimum atomic E-state index is -4.20. The van der Waals surface area contributed by atoms with Gasteiger partial charge in [0.25, 0.3) is 10.0 Å². The average Bonchev–Trinajstić information content (AvgIpc) is 2.87. The van der Waals surface area contributed by atoms with Crippen molar-refractivity contribution in [3.63, 3.8) is 0 Å². The van der Waals surface area contributed by atoms with Crippen molar-refractivity contribution in [2.45, 2.75) is 64.1 Å². The van der Waals surface area contributed by atoms with Gasteiger partial charge in [0.15, 0.2) is 0 Å². The first-order chi connectivity index (χ1) is 19.1. The minimum Gasteiger partial charge on any atom is -0.350 e. The first-order valence-corrected chi connectivity index (χ1v) is 15.6. The van der Waals surface area contributed by atoms with Gasteiger partial charge in [-0.25, -0.2) is 8.42 Å². The Hall–Kier alpha value is -2.78. The number of aryl methyl sites for hydroxylation is 1. The Labute approximate surface area is 257 Å². The van der Waals surface area contributed by atoms with E-state index in [2.05, 4.69) is 5.32 Å². The van der Waals surface area contributed by atoms with Crippen LogP contribution >= 0.6 is 34.8 Å². The number of anilines is 1. The van der Waals surface area contributed by atoms with E-state index < -0.39 is 34.1 Å². The summed E-state index contributed by atoms with van der Waals surface area (Å²) in [6.45, 7) is 8.54. The van der Waals surface area contributed by atoms with Crippen LogP contribution in [-0.2, 0) is 26.2 Å². The molecule has 11 heteroatoms. The van der Waals surface area contributed by atoms with E-state index in [0.29, 0.717) is 20.6 Å². The molecule has 1 N–H and O–H groups in total. The van der Waals surface area contributed by atoms with Crippen molar-refractivity contribution in [3.8, 4) is 0 Å². The highest BCUT2D eigenvalue weighted by atomic mass is 35.5. The number of sulfonamides is 1. The summed E-state index contributed by atoms with van der Waals surface area (Å²) in [7, 11) is -4.20. The zero-order valence-corrected chi connectivity index (χ0v) is 26.7. The van der Waals surface area contributed by atoms with Gasteiger partial charge < -0.3 is 10.2 Å². The SMILES string of the molecule is CC[C@H](C(=O)NC(C)(C)C)N(Cc1ccc(Cl)cc1Cl)C(=O)CN(c1cccc(Cl)c1)S(=O)(=O)c1ccc(C)cc1. The second kappa shape index (κ2) is 13.5. The lowest BCUT2D eigenvalue weighted by atomic mass is 10.1. The molecule has 0 aliphatic heterocycles. The first-order valence-electron chi connectivity index (χ1n) is 13.0. The normalized spacial score (nSPS) is 12.5. The van der Waals surface area contributed by atoms with Gasteiger partial charge in [0.2, 0.25) is 11.8 Å². The van der Waals surface area contributed by atoms with Gasteiger partial charge in [0.05, 0.1) is 10.6 Å². The molecule has 0 heterocycles. The summed E-state index contributed by atoms with van der Waals surface area (Å²) in [6.07, 6.45) is 0.279. The van der Waals surface area contributed by atoms with Crippen molar-refractivity contribution in [1.29, 1.82) is 0 Å². The Balaban J connectivity index is 2.10. The lowest BCUT2D eigenvalue weighted by Crippen LogP contribution is -2.55. The summed E-state index contributed by atoms with van der Waals surface area (Å²) >= 11 is 18.8. The molecule has 41 heavy (non-hydrogen) atoms. The summed E-state index contributed by atoms with van der Waals surface area (Å²) in [5.74, 6) is -0.961. The lowest BCUT2D eigenvalue weighted by Gasteiger charge is -2.35. The summed E-state index contributed by atoms with van der Waals surface area (Å²) in [5, 5.41) is 3.98. The maximum absolute atomic E-state index is 14.1. The Morgan fingerprint density at radius 1 is 0.927 bits per heavy atom. The number of halogens is 3. The lowest BCUT2D eigenvalue weighted by molar-refractivity contribution is -0.141. The van der Waals surface area contributed by atoms with E-state index in [4.69, 9.17) is 34.8 Å². The van der Waals surface area contributed by atoms with Crippen LogP contribution < -0.4 is 9.62 Å². The summed E-state index contributed by atoms with van der Waals surface area (Å²) < 4.78 is 28.9. The van der Waals surface area contributed by atoms with Gasteiger partial charge in [0.1, 0.15) is 12.6 Å². The third-order valence-electron chi connectivity index (χ3n) is 6.22. The second-order valence-electron chi connectivity index (χ2n) is 10.7. The predicted molar refractivity (Wildman–Crippen MR) is 166 cm³/mol. The Bertz CT molecular complexity index is 1510. The van der Waals surface area contributed by atoms with Gasteiger partial charge >= 0.3 is 0 Å². The van der Waals surface area contributed by atoms with Crippen molar-refractivity contribution in [3.05, 3.63) is 92.9 Å². The predicted octanol–water partition coefficient (Wildman–Crippen LogP) is 6.87. The van der Waals surface area contributed by atoms with Gasteiger partial charge in [-0.3, -0.25) is 13.9 Å². The van der Waals surface area contributed by atoms with Crippen LogP contribution in [0.15, 0.2) is 71.6 Å². The number of carbonyl (C=O) groups is 2. The average molecular weight is 639 g/mol. The highest BCUT2D eigenvalue weighted by molar-refractivity contribution is 7.92. The van der Waals surface area contributed by atoms with Crippen molar-refractivity contribution in [1.82, 2.24) is 10.2 Å². The van der Waals surface area contributed by atoms with Gasteiger partial charge in [-0.2, -0.15) is 0 Å². The fourth-order valence-electron chi connectivity index (χ4n) is 4.20. The number of carbonyl (C=O) groups excluding carboxylic acids is 2. The van der Waals surface area contributed by atoms with Crippen LogP contribution in [0.2, 0.25) is 15.1 Å². The molecule has 0 aromatic heterocycles. The summed E-state index contributed by atoms with van der Waals surface area (Å²) in [6, 6.07) is 16.6. The van der Waals surface area contributed by atoms with Gasteiger partial charge in [0, 0.05) is 27.2 Å². The van der Waals surface area contributed by atoms with E-state index in [1.165, 1.54) is 23.1 Å². The quantitative estimate of drug-likeness (QED) is 0.263. The van der Waals surface area contributed by atoms with Crippen LogP contribution in [0.1, 0.15) is 45.2 Å². The Morgan fingerprint density at radius 2 is 1.56 bits per heavy atom. The van der Waals surface area contributed by atoms with Crippen LogP contribution in [-0.4, -0.2) is 43.3 Å². The Morgan fingerprint density at radius 3 is 2.12 bits per heavy atom. The zero-order valence-electron chi connectivity index (χ0n) is 23.6. The molecule has 0 spiro atoms. The molecule has 0 aliphatic rings. The summed E-state index contributed by atoms with van der Waals surface area (Å²) in [4.78, 5) is 28.9. The molecule has 0 radical (unpaired) electrons. The molecule has 0 fully saturated rings. The molecule has 0 aliphatic carbocycles. The largest absolute Gasteiger partial charge is 0.350 e. The van der Waals surface area contributed by atoms with Crippen molar-refractivity contribution < 1.29 is 18.0 Å². The molecule has 0 saturated carbocycles. The molecule has 7 nitrogen and oxygen atoms in total. The molecule has 0 unspecified atom stereocenters. The Kier molecular flexibility index (Phi) is 10.7. The van der Waals surface area contributed by atoms with Crippen LogP contribution in [0.3, 0.4) is 0 Å².